The summed E-state index contributed by atoms with van der Waals surface area (Å²) in [4.78, 5) is 10.4. The molecule has 1 heterocycles. The average molecular weight is 337 g/mol. The lowest BCUT2D eigenvalue weighted by molar-refractivity contribution is -0.385. The Balaban J connectivity index is 1.92. The van der Waals surface area contributed by atoms with Crippen molar-refractivity contribution in [1.29, 1.82) is 0 Å². The van der Waals surface area contributed by atoms with Gasteiger partial charge in [0.25, 0.3) is 0 Å². The molecule has 0 aliphatic carbocycles. The molecule has 0 unspecified atom stereocenters. The maximum atomic E-state index is 10.9. The quantitative estimate of drug-likeness (QED) is 0.283. The molecule has 2 N–H and O–H groups in total. The predicted molar refractivity (Wildman–Crippen MR) is 88.2 cm³/mol. The van der Waals surface area contributed by atoms with Crippen molar-refractivity contribution in [3.63, 3.8) is 0 Å². The van der Waals surface area contributed by atoms with E-state index in [1.807, 2.05) is 20.8 Å². The molecule has 0 saturated carbocycles. The van der Waals surface area contributed by atoms with Gasteiger partial charge >= 0.3 is 5.69 Å². The summed E-state index contributed by atoms with van der Waals surface area (Å²) in [6, 6.07) is 6.28. The monoisotopic (exact) mass is 337 g/mol. The Morgan fingerprint density at radius 1 is 1.35 bits per heavy atom. The number of hydrogen-bond donors (Lipinski definition) is 1. The van der Waals surface area contributed by atoms with Crippen LogP contribution in [0.1, 0.15) is 26.6 Å². The summed E-state index contributed by atoms with van der Waals surface area (Å²) in [6.45, 7) is 6.32. The van der Waals surface area contributed by atoms with Crippen LogP contribution in [0.2, 0.25) is 0 Å². The minimum absolute atomic E-state index is 0.0467. The molecule has 0 spiro atoms. The van der Waals surface area contributed by atoms with Crippen LogP contribution in [0.25, 0.3) is 0 Å². The van der Waals surface area contributed by atoms with E-state index in [0.29, 0.717) is 23.3 Å². The van der Waals surface area contributed by atoms with E-state index in [1.54, 1.807) is 18.2 Å². The molecule has 23 heavy (non-hydrogen) atoms. The molecule has 0 saturated heterocycles. The molecule has 0 fully saturated rings. The van der Waals surface area contributed by atoms with Crippen molar-refractivity contribution < 1.29 is 9.66 Å². The molecule has 1 aromatic carbocycles. The first-order valence-corrected chi connectivity index (χ1v) is 7.99. The largest absolute Gasteiger partial charge is 0.486 e. The lowest BCUT2D eigenvalue weighted by Gasteiger charge is -2.16. The van der Waals surface area contributed by atoms with Crippen molar-refractivity contribution in [3.8, 4) is 5.75 Å². The van der Waals surface area contributed by atoms with Crippen molar-refractivity contribution in [2.45, 2.75) is 31.3 Å². The van der Waals surface area contributed by atoms with Crippen molar-refractivity contribution in [1.82, 2.24) is 14.9 Å². The molecule has 8 nitrogen and oxygen atoms in total. The molecule has 1 aromatic heterocycles. The minimum Gasteiger partial charge on any atom is -0.486 e. The van der Waals surface area contributed by atoms with Crippen LogP contribution in [-0.4, -0.2) is 32.2 Å². The summed E-state index contributed by atoms with van der Waals surface area (Å²) in [5, 5.41) is 19.6. The molecule has 0 amide bonds. The molecule has 0 radical (unpaired) electrons. The number of aromatic nitrogens is 3. The number of nitro benzene ring substituents is 1. The molecule has 124 valence electrons. The number of para-hydroxylation sites is 2. The van der Waals surface area contributed by atoms with E-state index in [-0.39, 0.29) is 16.9 Å². The van der Waals surface area contributed by atoms with Crippen LogP contribution >= 0.6 is 11.8 Å². The Bertz CT molecular complexity index is 696. The van der Waals surface area contributed by atoms with Gasteiger partial charge in [-0.1, -0.05) is 44.7 Å². The van der Waals surface area contributed by atoms with Crippen LogP contribution in [0.3, 0.4) is 0 Å². The molecule has 2 aromatic rings. The summed E-state index contributed by atoms with van der Waals surface area (Å²) >= 11 is 1.39. The number of ether oxygens (including phenoxy) is 1. The van der Waals surface area contributed by atoms with Crippen LogP contribution in [0.15, 0.2) is 29.4 Å². The fourth-order valence-corrected chi connectivity index (χ4v) is 2.57. The van der Waals surface area contributed by atoms with Gasteiger partial charge in [-0.2, -0.15) is 0 Å². The van der Waals surface area contributed by atoms with E-state index < -0.39 is 4.92 Å². The first kappa shape index (κ1) is 17.1. The lowest BCUT2D eigenvalue weighted by atomic mass is 9.96. The maximum Gasteiger partial charge on any atom is 0.310 e. The third-order valence-corrected chi connectivity index (χ3v) is 3.88. The van der Waals surface area contributed by atoms with Gasteiger partial charge in [0.05, 0.1) is 11.5 Å². The van der Waals surface area contributed by atoms with Crippen LogP contribution in [0, 0.1) is 10.1 Å². The van der Waals surface area contributed by atoms with Gasteiger partial charge in [-0.25, -0.2) is 4.68 Å². The van der Waals surface area contributed by atoms with Crippen molar-refractivity contribution in [2.75, 3.05) is 18.2 Å². The highest BCUT2D eigenvalue weighted by molar-refractivity contribution is 7.99. The smallest absolute Gasteiger partial charge is 0.310 e. The van der Waals surface area contributed by atoms with Crippen LogP contribution in [0.5, 0.6) is 5.75 Å². The fraction of sp³-hybridized carbons (Fsp3) is 0.429. The van der Waals surface area contributed by atoms with E-state index in [4.69, 9.17) is 10.6 Å². The summed E-state index contributed by atoms with van der Waals surface area (Å²) < 4.78 is 6.94. The highest BCUT2D eigenvalue weighted by atomic mass is 32.2. The molecular weight excluding hydrogens is 318 g/mol. The molecule has 0 bridgehead atoms. The third-order valence-electron chi connectivity index (χ3n) is 2.97. The molecule has 0 aliphatic rings. The fourth-order valence-electron chi connectivity index (χ4n) is 1.90. The Morgan fingerprint density at radius 2 is 2.04 bits per heavy atom. The molecule has 9 heteroatoms. The second-order valence-electron chi connectivity index (χ2n) is 5.85. The molecular formula is C14H19N5O3S. The first-order chi connectivity index (χ1) is 10.8. The predicted octanol–water partition coefficient (Wildman–Crippen LogP) is 2.37. The highest BCUT2D eigenvalue weighted by Gasteiger charge is 2.23. The van der Waals surface area contributed by atoms with Gasteiger partial charge in [0, 0.05) is 17.2 Å². The Hall–Kier alpha value is -2.29. The molecule has 2 rings (SSSR count). The lowest BCUT2D eigenvalue weighted by Crippen LogP contribution is -2.24. The van der Waals surface area contributed by atoms with Gasteiger partial charge in [-0.15, -0.1) is 10.2 Å². The number of nitrogens with two attached hydrogens (primary N) is 1. The third kappa shape index (κ3) is 4.13. The van der Waals surface area contributed by atoms with Gasteiger partial charge in [0.2, 0.25) is 5.16 Å². The van der Waals surface area contributed by atoms with E-state index in [0.717, 1.165) is 0 Å². The normalized spacial score (nSPS) is 11.4. The highest BCUT2D eigenvalue weighted by Crippen LogP contribution is 2.27. The van der Waals surface area contributed by atoms with Crippen molar-refractivity contribution >= 4 is 17.4 Å². The van der Waals surface area contributed by atoms with E-state index in [2.05, 4.69) is 10.2 Å². The van der Waals surface area contributed by atoms with Gasteiger partial charge in [0.1, 0.15) is 0 Å². The Morgan fingerprint density at radius 3 is 2.65 bits per heavy atom. The van der Waals surface area contributed by atoms with Gasteiger partial charge < -0.3 is 10.6 Å². The topological polar surface area (TPSA) is 109 Å². The first-order valence-electron chi connectivity index (χ1n) is 7.00. The van der Waals surface area contributed by atoms with Gasteiger partial charge in [-0.3, -0.25) is 10.1 Å². The summed E-state index contributed by atoms with van der Waals surface area (Å²) in [7, 11) is 0. The number of rotatable bonds is 6. The van der Waals surface area contributed by atoms with E-state index in [9.17, 15) is 10.1 Å². The van der Waals surface area contributed by atoms with E-state index >= 15 is 0 Å². The average Bonchev–Trinajstić information content (AvgIpc) is 2.85. The van der Waals surface area contributed by atoms with Crippen molar-refractivity contribution in [3.05, 3.63) is 40.2 Å². The molecule has 0 aliphatic heterocycles. The van der Waals surface area contributed by atoms with Crippen LogP contribution in [-0.2, 0) is 5.41 Å². The van der Waals surface area contributed by atoms with Crippen LogP contribution in [0.4, 0.5) is 5.69 Å². The van der Waals surface area contributed by atoms with Crippen molar-refractivity contribution in [2.24, 2.45) is 0 Å². The second kappa shape index (κ2) is 6.86. The number of hydrogen-bond acceptors (Lipinski definition) is 7. The molecule has 0 atom stereocenters. The SMILES string of the molecule is CC(C)(C)c1nnc(SCCOc2ccccc2[N+](=O)[O-])n1N. The van der Waals surface area contributed by atoms with E-state index in [1.165, 1.54) is 22.5 Å². The number of nitro groups is 1. The maximum absolute atomic E-state index is 10.9. The number of nitrogen functional groups attached to an aromatic ring is 1. The summed E-state index contributed by atoms with van der Waals surface area (Å²) in [5.74, 6) is 7.48. The number of thioether (sulfide) groups is 1. The van der Waals surface area contributed by atoms with Crippen LogP contribution < -0.4 is 10.6 Å². The number of benzene rings is 1. The summed E-state index contributed by atoms with van der Waals surface area (Å²) in [5.41, 5.74) is -0.239. The second-order valence-corrected chi connectivity index (χ2v) is 6.91. The van der Waals surface area contributed by atoms with Gasteiger partial charge in [0.15, 0.2) is 11.6 Å². The zero-order valence-electron chi connectivity index (χ0n) is 13.2. The zero-order chi connectivity index (χ0) is 17.0. The Labute approximate surface area is 138 Å². The standard InChI is InChI=1S/C14H19N5O3S/c1-14(2,3)12-16-17-13(18(12)15)23-9-8-22-11-7-5-4-6-10(11)19(20)21/h4-7H,8-9,15H2,1-3H3. The van der Waals surface area contributed by atoms with Gasteiger partial charge in [-0.05, 0) is 6.07 Å². The Kier molecular flexibility index (Phi) is 5.09. The zero-order valence-corrected chi connectivity index (χ0v) is 14.0. The number of nitrogens with zero attached hydrogens (tertiary/aromatic N) is 4. The summed E-state index contributed by atoms with van der Waals surface area (Å²) in [6.07, 6.45) is 0. The minimum atomic E-state index is -0.464.